The number of carbonyl (C=O) groups is 1. The molecule has 0 saturated carbocycles. The Kier molecular flexibility index (Phi) is 3.97. The van der Waals surface area contributed by atoms with Crippen LogP contribution in [0.1, 0.15) is 16.8 Å². The summed E-state index contributed by atoms with van der Waals surface area (Å²) in [5.74, 6) is 1.08. The van der Waals surface area contributed by atoms with E-state index in [4.69, 9.17) is 21.1 Å². The number of hydrogen-bond donors (Lipinski definition) is 1. The number of ether oxygens (including phenoxy) is 2. The lowest BCUT2D eigenvalue weighted by molar-refractivity contribution is 0.102. The fraction of sp³-hybridized carbons (Fsp3) is 0.188. The summed E-state index contributed by atoms with van der Waals surface area (Å²) < 4.78 is 11.1. The molecule has 21 heavy (non-hydrogen) atoms. The van der Waals surface area contributed by atoms with E-state index in [1.165, 1.54) is 0 Å². The predicted molar refractivity (Wildman–Crippen MR) is 81.5 cm³/mol. The SMILES string of the molecule is O=C(Nc1ccc(Cl)cc1)c1ccc2c(c1)OCCCO2. The van der Waals surface area contributed by atoms with Crippen molar-refractivity contribution in [2.24, 2.45) is 0 Å². The molecule has 3 rings (SSSR count). The summed E-state index contributed by atoms with van der Waals surface area (Å²) in [4.78, 5) is 12.2. The number of nitrogens with one attached hydrogen (secondary N) is 1. The molecule has 0 unspecified atom stereocenters. The highest BCUT2D eigenvalue weighted by molar-refractivity contribution is 6.30. The maximum Gasteiger partial charge on any atom is 0.255 e. The summed E-state index contributed by atoms with van der Waals surface area (Å²) >= 11 is 5.82. The van der Waals surface area contributed by atoms with Gasteiger partial charge in [0.05, 0.1) is 13.2 Å². The first-order chi connectivity index (χ1) is 10.2. The first kappa shape index (κ1) is 13.8. The smallest absolute Gasteiger partial charge is 0.255 e. The zero-order chi connectivity index (χ0) is 14.7. The van der Waals surface area contributed by atoms with Gasteiger partial charge in [-0.15, -0.1) is 0 Å². The minimum Gasteiger partial charge on any atom is -0.490 e. The molecule has 0 aliphatic carbocycles. The van der Waals surface area contributed by atoms with Gasteiger partial charge < -0.3 is 14.8 Å². The van der Waals surface area contributed by atoms with Crippen LogP contribution in [-0.2, 0) is 0 Å². The van der Waals surface area contributed by atoms with Crippen molar-refractivity contribution in [1.29, 1.82) is 0 Å². The second-order valence-electron chi connectivity index (χ2n) is 4.67. The highest BCUT2D eigenvalue weighted by atomic mass is 35.5. The molecule has 2 aromatic carbocycles. The van der Waals surface area contributed by atoms with Crippen LogP contribution < -0.4 is 14.8 Å². The molecule has 4 nitrogen and oxygen atoms in total. The van der Waals surface area contributed by atoms with Crippen LogP contribution in [-0.4, -0.2) is 19.1 Å². The Bertz CT molecular complexity index is 655. The summed E-state index contributed by atoms with van der Waals surface area (Å²) in [6, 6.07) is 12.1. The Morgan fingerprint density at radius 1 is 1.00 bits per heavy atom. The van der Waals surface area contributed by atoms with Crippen LogP contribution in [0.5, 0.6) is 11.5 Å². The number of rotatable bonds is 2. The first-order valence-corrected chi connectivity index (χ1v) is 7.07. The van der Waals surface area contributed by atoms with Gasteiger partial charge in [0.1, 0.15) is 0 Å². The van der Waals surface area contributed by atoms with Gasteiger partial charge in [-0.05, 0) is 42.5 Å². The molecule has 1 aliphatic rings. The fourth-order valence-electron chi connectivity index (χ4n) is 2.04. The maximum atomic E-state index is 12.2. The van der Waals surface area contributed by atoms with Gasteiger partial charge in [-0.3, -0.25) is 4.79 Å². The summed E-state index contributed by atoms with van der Waals surface area (Å²) in [5, 5.41) is 3.44. The van der Waals surface area contributed by atoms with Crippen LogP contribution >= 0.6 is 11.6 Å². The number of hydrogen-bond acceptors (Lipinski definition) is 3. The van der Waals surface area contributed by atoms with Gasteiger partial charge in [-0.25, -0.2) is 0 Å². The maximum absolute atomic E-state index is 12.2. The molecule has 0 spiro atoms. The van der Waals surface area contributed by atoms with Gasteiger partial charge >= 0.3 is 0 Å². The predicted octanol–water partition coefficient (Wildman–Crippen LogP) is 3.75. The molecule has 0 atom stereocenters. The number of anilines is 1. The fourth-order valence-corrected chi connectivity index (χ4v) is 2.17. The summed E-state index contributed by atoms with van der Waals surface area (Å²) in [7, 11) is 0. The Balaban J connectivity index is 1.78. The molecule has 0 fully saturated rings. The molecule has 5 heteroatoms. The molecule has 1 aliphatic heterocycles. The van der Waals surface area contributed by atoms with Gasteiger partial charge in [0, 0.05) is 22.7 Å². The van der Waals surface area contributed by atoms with Crippen LogP contribution in [0, 0.1) is 0 Å². The Labute approximate surface area is 127 Å². The van der Waals surface area contributed by atoms with Crippen molar-refractivity contribution in [2.75, 3.05) is 18.5 Å². The third-order valence-electron chi connectivity index (χ3n) is 3.11. The van der Waals surface area contributed by atoms with E-state index in [2.05, 4.69) is 5.32 Å². The summed E-state index contributed by atoms with van der Waals surface area (Å²) in [6.45, 7) is 1.22. The highest BCUT2D eigenvalue weighted by Crippen LogP contribution is 2.30. The number of amides is 1. The van der Waals surface area contributed by atoms with Crippen LogP contribution in [0.25, 0.3) is 0 Å². The monoisotopic (exact) mass is 303 g/mol. The highest BCUT2D eigenvalue weighted by Gasteiger charge is 2.14. The molecule has 1 N–H and O–H groups in total. The van der Waals surface area contributed by atoms with Crippen LogP contribution in [0.2, 0.25) is 5.02 Å². The van der Waals surface area contributed by atoms with Gasteiger partial charge in [-0.1, -0.05) is 11.6 Å². The molecular weight excluding hydrogens is 290 g/mol. The number of fused-ring (bicyclic) bond motifs is 1. The molecule has 0 saturated heterocycles. The first-order valence-electron chi connectivity index (χ1n) is 6.69. The van der Waals surface area contributed by atoms with Crippen LogP contribution in [0.4, 0.5) is 5.69 Å². The minimum absolute atomic E-state index is 0.201. The van der Waals surface area contributed by atoms with Crippen LogP contribution in [0.3, 0.4) is 0 Å². The topological polar surface area (TPSA) is 47.6 Å². The summed E-state index contributed by atoms with van der Waals surface area (Å²) in [5.41, 5.74) is 1.21. The van der Waals surface area contributed by atoms with E-state index in [-0.39, 0.29) is 5.91 Å². The minimum atomic E-state index is -0.201. The molecule has 1 amide bonds. The molecule has 0 bridgehead atoms. The van der Waals surface area contributed by atoms with Crippen molar-refractivity contribution in [3.05, 3.63) is 53.1 Å². The van der Waals surface area contributed by atoms with E-state index >= 15 is 0 Å². The number of halogens is 1. The Morgan fingerprint density at radius 3 is 2.48 bits per heavy atom. The van der Waals surface area contributed by atoms with E-state index in [0.717, 1.165) is 6.42 Å². The zero-order valence-corrected chi connectivity index (χ0v) is 12.0. The van der Waals surface area contributed by atoms with Crippen molar-refractivity contribution in [1.82, 2.24) is 0 Å². The zero-order valence-electron chi connectivity index (χ0n) is 11.3. The van der Waals surface area contributed by atoms with Crippen molar-refractivity contribution < 1.29 is 14.3 Å². The van der Waals surface area contributed by atoms with Gasteiger partial charge in [0.15, 0.2) is 11.5 Å². The van der Waals surface area contributed by atoms with E-state index < -0.39 is 0 Å². The lowest BCUT2D eigenvalue weighted by Gasteiger charge is -2.10. The molecule has 1 heterocycles. The average Bonchev–Trinajstić information content (AvgIpc) is 2.74. The van der Waals surface area contributed by atoms with Crippen molar-refractivity contribution in [2.45, 2.75) is 6.42 Å². The van der Waals surface area contributed by atoms with Crippen LogP contribution in [0.15, 0.2) is 42.5 Å². The normalized spacial score (nSPS) is 13.4. The summed E-state index contributed by atoms with van der Waals surface area (Å²) in [6.07, 6.45) is 0.834. The number of benzene rings is 2. The van der Waals surface area contributed by atoms with Crippen molar-refractivity contribution >= 4 is 23.2 Å². The third-order valence-corrected chi connectivity index (χ3v) is 3.36. The molecule has 2 aromatic rings. The van der Waals surface area contributed by atoms with E-state index in [0.29, 0.717) is 41.0 Å². The second kappa shape index (κ2) is 6.06. The van der Waals surface area contributed by atoms with Gasteiger partial charge in [0.2, 0.25) is 0 Å². The molecule has 0 radical (unpaired) electrons. The standard InChI is InChI=1S/C16H14ClNO3/c17-12-3-5-13(6-4-12)18-16(19)11-2-7-14-15(10-11)21-9-1-8-20-14/h2-7,10H,1,8-9H2,(H,18,19). The van der Waals surface area contributed by atoms with E-state index in [9.17, 15) is 4.79 Å². The van der Waals surface area contributed by atoms with Gasteiger partial charge in [0.25, 0.3) is 5.91 Å². The Morgan fingerprint density at radius 2 is 1.71 bits per heavy atom. The molecular formula is C16H14ClNO3. The van der Waals surface area contributed by atoms with Crippen molar-refractivity contribution in [3.8, 4) is 11.5 Å². The number of carbonyl (C=O) groups excluding carboxylic acids is 1. The lowest BCUT2D eigenvalue weighted by Crippen LogP contribution is -2.12. The van der Waals surface area contributed by atoms with E-state index in [1.54, 1.807) is 42.5 Å². The lowest BCUT2D eigenvalue weighted by atomic mass is 10.2. The molecule has 108 valence electrons. The van der Waals surface area contributed by atoms with E-state index in [1.807, 2.05) is 0 Å². The Hall–Kier alpha value is -2.20. The largest absolute Gasteiger partial charge is 0.490 e. The molecule has 0 aromatic heterocycles. The third kappa shape index (κ3) is 3.28. The van der Waals surface area contributed by atoms with Gasteiger partial charge in [-0.2, -0.15) is 0 Å². The second-order valence-corrected chi connectivity index (χ2v) is 5.11. The quantitative estimate of drug-likeness (QED) is 0.919. The van der Waals surface area contributed by atoms with Crippen molar-refractivity contribution in [3.63, 3.8) is 0 Å². The average molecular weight is 304 g/mol.